The van der Waals surface area contributed by atoms with Crippen LogP contribution in [0.3, 0.4) is 0 Å². The Hall–Kier alpha value is -3.51. The topological polar surface area (TPSA) is 127 Å². The predicted octanol–water partition coefficient (Wildman–Crippen LogP) is 3.63. The van der Waals surface area contributed by atoms with Crippen molar-refractivity contribution in [2.24, 2.45) is 5.92 Å². The van der Waals surface area contributed by atoms with Crippen LogP contribution < -0.4 is 14.4 Å². The van der Waals surface area contributed by atoms with Gasteiger partial charge in [-0.1, -0.05) is 13.8 Å². The maximum absolute atomic E-state index is 14.4. The number of amides is 1. The van der Waals surface area contributed by atoms with Gasteiger partial charge in [-0.3, -0.25) is 9.89 Å². The van der Waals surface area contributed by atoms with Crippen LogP contribution in [0.15, 0.2) is 47.6 Å². The van der Waals surface area contributed by atoms with Gasteiger partial charge >= 0.3 is 0 Å². The van der Waals surface area contributed by atoms with E-state index in [4.69, 9.17) is 14.5 Å². The number of H-pyrrole nitrogens is 1. The summed E-state index contributed by atoms with van der Waals surface area (Å²) in [7, 11) is -2.51. The number of methoxy groups -OCH3 is 1. The molecule has 1 saturated heterocycles. The van der Waals surface area contributed by atoms with E-state index in [1.165, 1.54) is 30.5 Å². The lowest BCUT2D eigenvalue weighted by atomic mass is 10.1. The van der Waals surface area contributed by atoms with Crippen molar-refractivity contribution in [2.45, 2.75) is 37.8 Å². The lowest BCUT2D eigenvalue weighted by molar-refractivity contribution is 0.0817. The highest BCUT2D eigenvalue weighted by Crippen LogP contribution is 2.30. The van der Waals surface area contributed by atoms with Crippen LogP contribution in [-0.2, 0) is 14.8 Å². The van der Waals surface area contributed by atoms with Gasteiger partial charge in [-0.05, 0) is 49.1 Å². The molecule has 3 aromatic rings. The van der Waals surface area contributed by atoms with Crippen LogP contribution in [0.25, 0.3) is 11.3 Å². The van der Waals surface area contributed by atoms with Crippen LogP contribution in [0, 0.1) is 11.7 Å². The van der Waals surface area contributed by atoms with E-state index >= 15 is 0 Å². The molecule has 1 aliphatic rings. The number of carbonyl (C=O) groups excluding carboxylic acids is 1. The van der Waals surface area contributed by atoms with Crippen LogP contribution in [0.1, 0.15) is 38.5 Å². The van der Waals surface area contributed by atoms with Crippen molar-refractivity contribution in [3.63, 3.8) is 0 Å². The van der Waals surface area contributed by atoms with Crippen LogP contribution in [0.5, 0.6) is 5.75 Å². The lowest BCUT2D eigenvalue weighted by Crippen LogP contribution is -2.39. The Morgan fingerprint density at radius 3 is 2.65 bits per heavy atom. The van der Waals surface area contributed by atoms with Gasteiger partial charge in [0.25, 0.3) is 15.9 Å². The van der Waals surface area contributed by atoms with Gasteiger partial charge < -0.3 is 14.4 Å². The first kappa shape index (κ1) is 26.6. The summed E-state index contributed by atoms with van der Waals surface area (Å²) in [5, 5.41) is 5.74. The van der Waals surface area contributed by atoms with Crippen molar-refractivity contribution in [3.8, 4) is 17.0 Å². The van der Waals surface area contributed by atoms with E-state index in [-0.39, 0.29) is 24.0 Å². The first-order valence-corrected chi connectivity index (χ1v) is 13.4. The molecule has 200 valence electrons. The Morgan fingerprint density at radius 2 is 2.00 bits per heavy atom. The van der Waals surface area contributed by atoms with Crippen molar-refractivity contribution < 1.29 is 28.5 Å². The minimum atomic E-state index is -4.16. The summed E-state index contributed by atoms with van der Waals surface area (Å²) in [6, 6.07) is 8.65. The van der Waals surface area contributed by atoms with E-state index in [0.717, 1.165) is 0 Å². The second kappa shape index (κ2) is 11.3. The molecule has 1 aliphatic heterocycles. The zero-order chi connectivity index (χ0) is 26.6. The first-order chi connectivity index (χ1) is 17.7. The molecule has 0 radical (unpaired) electrons. The average molecular weight is 534 g/mol. The molecule has 4 rings (SSSR count). The van der Waals surface area contributed by atoms with Crippen LogP contribution in [0.4, 0.5) is 10.2 Å². The summed E-state index contributed by atoms with van der Waals surface area (Å²) >= 11 is 0. The molecular formula is C25H32FN5O5S. The zero-order valence-electron chi connectivity index (χ0n) is 20.9. The minimum Gasteiger partial charge on any atom is -0.493 e. The van der Waals surface area contributed by atoms with Crippen LogP contribution in [0.2, 0.25) is 0 Å². The van der Waals surface area contributed by atoms with E-state index < -0.39 is 21.7 Å². The molecule has 0 spiro atoms. The van der Waals surface area contributed by atoms with Crippen LogP contribution >= 0.6 is 0 Å². The summed E-state index contributed by atoms with van der Waals surface area (Å²) in [4.78, 5) is 19.8. The quantitative estimate of drug-likeness (QED) is 0.427. The molecule has 12 heteroatoms. The lowest BCUT2D eigenvalue weighted by Gasteiger charge is -2.33. The summed E-state index contributed by atoms with van der Waals surface area (Å²) in [5.74, 6) is -0.369. The Labute approximate surface area is 216 Å². The van der Waals surface area contributed by atoms with E-state index in [2.05, 4.69) is 14.9 Å². The number of nitrogens with zero attached hydrogens (tertiary/aromatic N) is 3. The van der Waals surface area contributed by atoms with Crippen molar-refractivity contribution in [3.05, 3.63) is 54.0 Å². The number of ether oxygens (including phenoxy) is 2. The highest BCUT2D eigenvalue weighted by Gasteiger charge is 2.27. The molecule has 1 amide bonds. The predicted molar refractivity (Wildman–Crippen MR) is 138 cm³/mol. The van der Waals surface area contributed by atoms with E-state index in [1.807, 2.05) is 18.7 Å². The monoisotopic (exact) mass is 533 g/mol. The number of rotatable bonds is 9. The maximum atomic E-state index is 14.4. The van der Waals surface area contributed by atoms with Gasteiger partial charge in [-0.2, -0.15) is 13.5 Å². The van der Waals surface area contributed by atoms with E-state index in [9.17, 15) is 17.6 Å². The van der Waals surface area contributed by atoms with Crippen molar-refractivity contribution >= 4 is 21.7 Å². The average Bonchev–Trinajstić information content (AvgIpc) is 3.43. The number of carbonyl (C=O) groups is 1. The molecule has 0 aliphatic carbocycles. The third-order valence-electron chi connectivity index (χ3n) is 5.94. The third-order valence-corrected chi connectivity index (χ3v) is 7.20. The summed E-state index contributed by atoms with van der Waals surface area (Å²) < 4.78 is 52.9. The molecule has 0 atom stereocenters. The summed E-state index contributed by atoms with van der Waals surface area (Å²) in [6.07, 6.45) is 2.78. The molecule has 10 nitrogen and oxygen atoms in total. The minimum absolute atomic E-state index is 0. The normalized spacial score (nSPS) is 14.7. The van der Waals surface area contributed by atoms with E-state index in [1.54, 1.807) is 19.2 Å². The second-order valence-corrected chi connectivity index (χ2v) is 10.9. The van der Waals surface area contributed by atoms with Gasteiger partial charge in [0.1, 0.15) is 17.4 Å². The number of aromatic nitrogens is 3. The van der Waals surface area contributed by atoms with E-state index in [0.29, 0.717) is 55.4 Å². The van der Waals surface area contributed by atoms with Crippen molar-refractivity contribution in [1.82, 2.24) is 19.9 Å². The molecule has 0 bridgehead atoms. The SMILES string of the molecule is COC1CCN(c2nc(-c3cc(F)cc(OCC(C)C)c3)ccc2C(=O)NS(=O)(=O)c2ccn[nH]2)CC1.[HH]. The zero-order valence-corrected chi connectivity index (χ0v) is 21.7. The fourth-order valence-electron chi connectivity index (χ4n) is 4.01. The highest BCUT2D eigenvalue weighted by molar-refractivity contribution is 7.90. The molecule has 1 aromatic carbocycles. The Kier molecular flexibility index (Phi) is 8.08. The molecule has 37 heavy (non-hydrogen) atoms. The summed E-state index contributed by atoms with van der Waals surface area (Å²) in [5.41, 5.74) is 0.977. The molecule has 2 N–H and O–H groups in total. The Balaban J connectivity index is 0.00000400. The van der Waals surface area contributed by atoms with Gasteiger partial charge in [0.15, 0.2) is 5.03 Å². The molecule has 2 aromatic heterocycles. The van der Waals surface area contributed by atoms with Crippen molar-refractivity contribution in [2.75, 3.05) is 31.7 Å². The summed E-state index contributed by atoms with van der Waals surface area (Å²) in [6.45, 7) is 5.52. The van der Waals surface area contributed by atoms with Gasteiger partial charge in [0, 0.05) is 33.3 Å². The van der Waals surface area contributed by atoms with Gasteiger partial charge in [0.2, 0.25) is 0 Å². The van der Waals surface area contributed by atoms with Crippen LogP contribution in [-0.4, -0.2) is 62.4 Å². The fraction of sp³-hybridized carbons (Fsp3) is 0.400. The van der Waals surface area contributed by atoms with Gasteiger partial charge in [0.05, 0.1) is 30.2 Å². The molecule has 1 fully saturated rings. The first-order valence-electron chi connectivity index (χ1n) is 12.0. The number of piperidine rings is 1. The molecule has 0 unspecified atom stereocenters. The number of nitrogens with one attached hydrogen (secondary N) is 2. The highest BCUT2D eigenvalue weighted by atomic mass is 32.2. The van der Waals surface area contributed by atoms with Crippen molar-refractivity contribution in [1.29, 1.82) is 0 Å². The fourth-order valence-corrected chi connectivity index (χ4v) is 4.89. The molecule has 0 saturated carbocycles. The maximum Gasteiger partial charge on any atom is 0.281 e. The molecular weight excluding hydrogens is 501 g/mol. The number of benzene rings is 1. The number of anilines is 1. The Morgan fingerprint density at radius 1 is 1.24 bits per heavy atom. The third kappa shape index (κ3) is 6.44. The molecule has 3 heterocycles. The smallest absolute Gasteiger partial charge is 0.281 e. The van der Waals surface area contributed by atoms with Gasteiger partial charge in [-0.15, -0.1) is 0 Å². The largest absolute Gasteiger partial charge is 0.493 e. The number of hydrogen-bond acceptors (Lipinski definition) is 8. The number of aromatic amines is 1. The number of sulfonamides is 1. The number of halogens is 1. The standard InChI is InChI=1S/C25H30FN5O5S.H2/c1-16(2)15-36-20-13-17(12-18(26)14-20)22-5-4-21(24(28-22)31-10-7-19(35-3)8-11-31)25(32)30-37(33,34)23-6-9-27-29-23;/h4-6,9,12-14,16,19H,7-8,10-11,15H2,1-3H3,(H,27,29)(H,30,32);1H. The Bertz CT molecular complexity index is 1350. The van der Waals surface area contributed by atoms with Gasteiger partial charge in [-0.25, -0.2) is 14.1 Å². The number of hydrogen-bond donors (Lipinski definition) is 2. The number of pyridine rings is 1. The second-order valence-electron chi connectivity index (χ2n) is 9.23.